The Balaban J connectivity index is 2.28. The van der Waals surface area contributed by atoms with Crippen LogP contribution in [0.2, 0.25) is 0 Å². The van der Waals surface area contributed by atoms with Crippen molar-refractivity contribution < 1.29 is 4.39 Å². The summed E-state index contributed by atoms with van der Waals surface area (Å²) >= 11 is 1.95. The molecule has 1 nitrogen and oxygen atoms in total. The predicted molar refractivity (Wildman–Crippen MR) is 63.7 cm³/mol. The van der Waals surface area contributed by atoms with E-state index in [0.717, 1.165) is 12.2 Å². The predicted octanol–water partition coefficient (Wildman–Crippen LogP) is 2.55. The van der Waals surface area contributed by atoms with Crippen molar-refractivity contribution in [2.75, 3.05) is 18.1 Å². The van der Waals surface area contributed by atoms with Gasteiger partial charge in [-0.15, -0.1) is 0 Å². The van der Waals surface area contributed by atoms with Crippen molar-refractivity contribution in [3.05, 3.63) is 35.6 Å². The lowest BCUT2D eigenvalue weighted by Crippen LogP contribution is -2.39. The zero-order valence-electron chi connectivity index (χ0n) is 8.71. The van der Waals surface area contributed by atoms with Gasteiger partial charge in [0.15, 0.2) is 0 Å². The van der Waals surface area contributed by atoms with E-state index in [1.807, 2.05) is 23.9 Å². The van der Waals surface area contributed by atoms with Crippen LogP contribution in [0.5, 0.6) is 0 Å². The van der Waals surface area contributed by atoms with Crippen LogP contribution >= 0.6 is 11.8 Å². The van der Waals surface area contributed by atoms with Gasteiger partial charge in [-0.25, -0.2) is 4.39 Å². The van der Waals surface area contributed by atoms with Crippen molar-refractivity contribution in [1.82, 2.24) is 0 Å². The van der Waals surface area contributed by atoms with Crippen LogP contribution in [0.3, 0.4) is 0 Å². The molecule has 1 aliphatic heterocycles. The summed E-state index contributed by atoms with van der Waals surface area (Å²) in [6, 6.07) is 6.83. The Labute approximate surface area is 94.2 Å². The quantitative estimate of drug-likeness (QED) is 0.837. The summed E-state index contributed by atoms with van der Waals surface area (Å²) < 4.78 is 12.8. The standard InChI is InChI=1S/C12H16FNS/c13-11-4-2-10(3-5-11)12(8-14)6-1-7-15-9-12/h2-5H,1,6-9,14H2. The largest absolute Gasteiger partial charge is 0.330 e. The van der Waals surface area contributed by atoms with Crippen LogP contribution in [0, 0.1) is 5.82 Å². The van der Waals surface area contributed by atoms with Crippen molar-refractivity contribution in [2.45, 2.75) is 18.3 Å². The monoisotopic (exact) mass is 225 g/mol. The smallest absolute Gasteiger partial charge is 0.123 e. The van der Waals surface area contributed by atoms with Crippen LogP contribution < -0.4 is 5.73 Å². The number of thioether (sulfide) groups is 1. The van der Waals surface area contributed by atoms with E-state index < -0.39 is 0 Å². The Morgan fingerprint density at radius 3 is 2.60 bits per heavy atom. The van der Waals surface area contributed by atoms with Crippen LogP contribution in [0.1, 0.15) is 18.4 Å². The van der Waals surface area contributed by atoms with Gasteiger partial charge >= 0.3 is 0 Å². The maximum absolute atomic E-state index is 12.8. The van der Waals surface area contributed by atoms with E-state index in [2.05, 4.69) is 0 Å². The number of halogens is 1. The van der Waals surface area contributed by atoms with Gasteiger partial charge in [0.1, 0.15) is 5.82 Å². The van der Waals surface area contributed by atoms with Gasteiger partial charge in [-0.1, -0.05) is 12.1 Å². The molecule has 15 heavy (non-hydrogen) atoms. The lowest BCUT2D eigenvalue weighted by atomic mass is 9.78. The molecular formula is C12H16FNS. The summed E-state index contributed by atoms with van der Waals surface area (Å²) in [5.41, 5.74) is 7.17. The van der Waals surface area contributed by atoms with Crippen LogP contribution in [0.15, 0.2) is 24.3 Å². The van der Waals surface area contributed by atoms with E-state index >= 15 is 0 Å². The Hall–Kier alpha value is -0.540. The number of rotatable bonds is 2. The Morgan fingerprint density at radius 1 is 1.33 bits per heavy atom. The molecule has 1 unspecified atom stereocenters. The van der Waals surface area contributed by atoms with Crippen molar-refractivity contribution in [3.8, 4) is 0 Å². The van der Waals surface area contributed by atoms with Gasteiger partial charge in [0.05, 0.1) is 0 Å². The molecule has 1 saturated heterocycles. The zero-order chi connectivity index (χ0) is 10.7. The van der Waals surface area contributed by atoms with E-state index in [1.165, 1.54) is 29.9 Å². The highest BCUT2D eigenvalue weighted by Crippen LogP contribution is 2.36. The van der Waals surface area contributed by atoms with Gasteiger partial charge in [0.2, 0.25) is 0 Å². The fourth-order valence-electron chi connectivity index (χ4n) is 2.16. The van der Waals surface area contributed by atoms with Crippen molar-refractivity contribution in [1.29, 1.82) is 0 Å². The molecule has 1 fully saturated rings. The van der Waals surface area contributed by atoms with Crippen molar-refractivity contribution >= 4 is 11.8 Å². The topological polar surface area (TPSA) is 26.0 Å². The fourth-order valence-corrected chi connectivity index (χ4v) is 3.47. The molecule has 0 radical (unpaired) electrons. The average molecular weight is 225 g/mol. The van der Waals surface area contributed by atoms with Crippen LogP contribution in [-0.4, -0.2) is 18.1 Å². The molecule has 0 amide bonds. The Bertz CT molecular complexity index is 317. The Kier molecular flexibility index (Phi) is 3.32. The van der Waals surface area contributed by atoms with E-state index in [0.29, 0.717) is 6.54 Å². The highest BCUT2D eigenvalue weighted by atomic mass is 32.2. The van der Waals surface area contributed by atoms with Gasteiger partial charge in [0, 0.05) is 17.7 Å². The highest BCUT2D eigenvalue weighted by Gasteiger charge is 2.32. The molecule has 0 aliphatic carbocycles. The molecule has 3 heteroatoms. The Morgan fingerprint density at radius 2 is 2.07 bits per heavy atom. The third-order valence-corrected chi connectivity index (χ3v) is 4.50. The molecule has 0 bridgehead atoms. The normalized spacial score (nSPS) is 26.5. The first-order valence-corrected chi connectivity index (χ1v) is 6.46. The summed E-state index contributed by atoms with van der Waals surface area (Å²) in [5, 5.41) is 0. The maximum atomic E-state index is 12.8. The molecule has 0 spiro atoms. The first-order valence-electron chi connectivity index (χ1n) is 5.31. The van der Waals surface area contributed by atoms with Crippen molar-refractivity contribution in [3.63, 3.8) is 0 Å². The fraction of sp³-hybridized carbons (Fsp3) is 0.500. The second-order valence-corrected chi connectivity index (χ2v) is 5.25. The van der Waals surface area contributed by atoms with Crippen LogP contribution in [-0.2, 0) is 5.41 Å². The zero-order valence-corrected chi connectivity index (χ0v) is 9.52. The lowest BCUT2D eigenvalue weighted by Gasteiger charge is -2.36. The molecule has 2 N–H and O–H groups in total. The molecule has 82 valence electrons. The molecule has 1 aliphatic rings. The number of nitrogens with two attached hydrogens (primary N) is 1. The van der Waals surface area contributed by atoms with Crippen molar-refractivity contribution in [2.24, 2.45) is 5.73 Å². The van der Waals surface area contributed by atoms with Gasteiger partial charge < -0.3 is 5.73 Å². The van der Waals surface area contributed by atoms with Gasteiger partial charge in [0.25, 0.3) is 0 Å². The van der Waals surface area contributed by atoms with E-state index in [-0.39, 0.29) is 11.2 Å². The molecule has 1 atom stereocenters. The number of hydrogen-bond donors (Lipinski definition) is 1. The summed E-state index contributed by atoms with van der Waals surface area (Å²) in [4.78, 5) is 0. The molecule has 1 aromatic carbocycles. The van der Waals surface area contributed by atoms with Crippen LogP contribution in [0.25, 0.3) is 0 Å². The maximum Gasteiger partial charge on any atom is 0.123 e. The minimum atomic E-state index is -0.172. The molecule has 1 heterocycles. The van der Waals surface area contributed by atoms with E-state index in [1.54, 1.807) is 0 Å². The van der Waals surface area contributed by atoms with E-state index in [9.17, 15) is 4.39 Å². The molecule has 0 aromatic heterocycles. The molecule has 1 aromatic rings. The summed E-state index contributed by atoms with van der Waals surface area (Å²) in [7, 11) is 0. The summed E-state index contributed by atoms with van der Waals surface area (Å²) in [5.74, 6) is 2.12. The van der Waals surface area contributed by atoms with Gasteiger partial charge in [-0.2, -0.15) is 11.8 Å². The third kappa shape index (κ3) is 2.18. The highest BCUT2D eigenvalue weighted by molar-refractivity contribution is 7.99. The average Bonchev–Trinajstić information content (AvgIpc) is 2.31. The summed E-state index contributed by atoms with van der Waals surface area (Å²) in [6.45, 7) is 0.658. The first kappa shape index (κ1) is 11.0. The SMILES string of the molecule is NCC1(c2ccc(F)cc2)CCCSC1. The second kappa shape index (κ2) is 4.54. The minimum Gasteiger partial charge on any atom is -0.330 e. The van der Waals surface area contributed by atoms with E-state index in [4.69, 9.17) is 5.73 Å². The van der Waals surface area contributed by atoms with Gasteiger partial charge in [-0.3, -0.25) is 0 Å². The molecular weight excluding hydrogens is 209 g/mol. The second-order valence-electron chi connectivity index (χ2n) is 4.15. The first-order chi connectivity index (χ1) is 7.27. The van der Waals surface area contributed by atoms with Gasteiger partial charge in [-0.05, 0) is 36.3 Å². The minimum absolute atomic E-state index is 0.0800. The number of hydrogen-bond acceptors (Lipinski definition) is 2. The number of benzene rings is 1. The third-order valence-electron chi connectivity index (χ3n) is 3.17. The van der Waals surface area contributed by atoms with Crippen LogP contribution in [0.4, 0.5) is 4.39 Å². The summed E-state index contributed by atoms with van der Waals surface area (Å²) in [6.07, 6.45) is 2.33. The molecule has 2 rings (SSSR count). The lowest BCUT2D eigenvalue weighted by molar-refractivity contribution is 0.439. The molecule has 0 saturated carbocycles.